The van der Waals surface area contributed by atoms with Crippen molar-refractivity contribution in [3.8, 4) is 5.88 Å². The van der Waals surface area contributed by atoms with E-state index in [-0.39, 0.29) is 11.7 Å². The van der Waals surface area contributed by atoms with E-state index in [0.29, 0.717) is 22.8 Å². The van der Waals surface area contributed by atoms with Crippen LogP contribution in [0.1, 0.15) is 12.5 Å². The third-order valence-electron chi connectivity index (χ3n) is 4.34. The molecule has 0 aliphatic carbocycles. The molecule has 25 heavy (non-hydrogen) atoms. The van der Waals surface area contributed by atoms with Crippen molar-refractivity contribution in [3.63, 3.8) is 0 Å². The molecule has 2 atom stereocenters. The summed E-state index contributed by atoms with van der Waals surface area (Å²) in [7, 11) is 0. The van der Waals surface area contributed by atoms with Crippen LogP contribution in [0.5, 0.6) is 5.88 Å². The second-order valence-corrected chi connectivity index (χ2v) is 7.18. The SMILES string of the molecule is CC1C(c2ccc(N3CCSCC3)c(F)c2)=NOC1Oc1ccon1. The topological polar surface area (TPSA) is 60.1 Å². The molecule has 3 heterocycles. The number of thioether (sulfide) groups is 1. The molecule has 132 valence electrons. The van der Waals surface area contributed by atoms with Gasteiger partial charge in [0.25, 0.3) is 12.2 Å². The van der Waals surface area contributed by atoms with Crippen LogP contribution in [0.25, 0.3) is 0 Å². The Bertz CT molecular complexity index is 763. The van der Waals surface area contributed by atoms with Gasteiger partial charge in [-0.05, 0) is 24.2 Å². The summed E-state index contributed by atoms with van der Waals surface area (Å²) in [5, 5.41) is 7.78. The normalized spacial score (nSPS) is 23.3. The van der Waals surface area contributed by atoms with Gasteiger partial charge in [0.1, 0.15) is 12.1 Å². The first-order valence-corrected chi connectivity index (χ1v) is 9.31. The lowest BCUT2D eigenvalue weighted by Crippen LogP contribution is -2.33. The van der Waals surface area contributed by atoms with Gasteiger partial charge in [0.2, 0.25) is 0 Å². The zero-order valence-electron chi connectivity index (χ0n) is 13.7. The molecule has 0 radical (unpaired) electrons. The number of oxime groups is 1. The first-order valence-electron chi connectivity index (χ1n) is 8.16. The fraction of sp³-hybridized carbons (Fsp3) is 0.412. The number of hydrogen-bond donors (Lipinski definition) is 0. The van der Waals surface area contributed by atoms with Crippen LogP contribution in [0.2, 0.25) is 0 Å². The molecule has 1 aromatic heterocycles. The lowest BCUT2D eigenvalue weighted by molar-refractivity contribution is -0.0802. The molecule has 2 aromatic rings. The molecule has 1 fully saturated rings. The van der Waals surface area contributed by atoms with Crippen molar-refractivity contribution in [1.29, 1.82) is 0 Å². The molecule has 0 spiro atoms. The zero-order chi connectivity index (χ0) is 17.2. The number of ether oxygens (including phenoxy) is 1. The predicted octanol–water partition coefficient (Wildman–Crippen LogP) is 3.14. The maximum atomic E-state index is 14.6. The molecule has 1 saturated heterocycles. The molecule has 8 heteroatoms. The maximum absolute atomic E-state index is 14.6. The lowest BCUT2D eigenvalue weighted by atomic mass is 9.98. The quantitative estimate of drug-likeness (QED) is 0.832. The van der Waals surface area contributed by atoms with Gasteiger partial charge in [0, 0.05) is 36.2 Å². The molecule has 1 aromatic carbocycles. The van der Waals surface area contributed by atoms with Gasteiger partial charge in [0.05, 0.1) is 17.3 Å². The highest BCUT2D eigenvalue weighted by molar-refractivity contribution is 7.99. The lowest BCUT2D eigenvalue weighted by Gasteiger charge is -2.29. The third kappa shape index (κ3) is 3.30. The Morgan fingerprint density at radius 1 is 1.28 bits per heavy atom. The Labute approximate surface area is 148 Å². The van der Waals surface area contributed by atoms with Crippen molar-refractivity contribution in [2.75, 3.05) is 29.5 Å². The summed E-state index contributed by atoms with van der Waals surface area (Å²) >= 11 is 1.90. The molecule has 0 amide bonds. The van der Waals surface area contributed by atoms with Crippen molar-refractivity contribution in [3.05, 3.63) is 41.9 Å². The second-order valence-electron chi connectivity index (χ2n) is 5.96. The van der Waals surface area contributed by atoms with Crippen molar-refractivity contribution < 1.29 is 18.5 Å². The number of nitrogens with zero attached hydrogens (tertiary/aromatic N) is 3. The van der Waals surface area contributed by atoms with E-state index in [1.807, 2.05) is 30.8 Å². The Morgan fingerprint density at radius 2 is 2.12 bits per heavy atom. The van der Waals surface area contributed by atoms with E-state index in [1.54, 1.807) is 6.07 Å². The minimum atomic E-state index is -0.609. The Kier molecular flexibility index (Phi) is 4.52. The van der Waals surface area contributed by atoms with E-state index >= 15 is 0 Å². The molecule has 0 N–H and O–H groups in total. The summed E-state index contributed by atoms with van der Waals surface area (Å²) in [5.41, 5.74) is 2.01. The predicted molar refractivity (Wildman–Crippen MR) is 93.6 cm³/mol. The average Bonchev–Trinajstić information content (AvgIpc) is 3.27. The Morgan fingerprint density at radius 3 is 2.84 bits per heavy atom. The van der Waals surface area contributed by atoms with Crippen LogP contribution < -0.4 is 9.64 Å². The molecular formula is C17H18FN3O3S. The molecule has 6 nitrogen and oxygen atoms in total. The van der Waals surface area contributed by atoms with Crippen LogP contribution in [0.15, 0.2) is 40.2 Å². The first-order chi connectivity index (χ1) is 12.2. The highest BCUT2D eigenvalue weighted by atomic mass is 32.2. The van der Waals surface area contributed by atoms with Gasteiger partial charge in [-0.1, -0.05) is 11.2 Å². The van der Waals surface area contributed by atoms with E-state index in [1.165, 1.54) is 12.3 Å². The van der Waals surface area contributed by atoms with E-state index in [9.17, 15) is 4.39 Å². The summed E-state index contributed by atoms with van der Waals surface area (Å²) in [5.74, 6) is 1.99. The van der Waals surface area contributed by atoms with Crippen LogP contribution in [-0.2, 0) is 4.84 Å². The molecular weight excluding hydrogens is 345 g/mol. The van der Waals surface area contributed by atoms with Gasteiger partial charge in [-0.25, -0.2) is 4.39 Å². The molecule has 2 unspecified atom stereocenters. The number of aromatic nitrogens is 1. The smallest absolute Gasteiger partial charge is 0.275 e. The summed E-state index contributed by atoms with van der Waals surface area (Å²) in [6.45, 7) is 3.66. The number of anilines is 1. The van der Waals surface area contributed by atoms with Crippen molar-refractivity contribution >= 4 is 23.2 Å². The highest BCUT2D eigenvalue weighted by Gasteiger charge is 2.34. The number of hydrogen-bond acceptors (Lipinski definition) is 7. The van der Waals surface area contributed by atoms with Crippen molar-refractivity contribution in [2.24, 2.45) is 11.1 Å². The zero-order valence-corrected chi connectivity index (χ0v) is 14.5. The van der Waals surface area contributed by atoms with E-state index < -0.39 is 6.29 Å². The van der Waals surface area contributed by atoms with E-state index in [4.69, 9.17) is 14.1 Å². The van der Waals surface area contributed by atoms with E-state index in [0.717, 1.165) is 24.6 Å². The molecule has 0 bridgehead atoms. The van der Waals surface area contributed by atoms with Crippen LogP contribution in [0.3, 0.4) is 0 Å². The van der Waals surface area contributed by atoms with Crippen LogP contribution >= 0.6 is 11.8 Å². The van der Waals surface area contributed by atoms with Crippen molar-refractivity contribution in [2.45, 2.75) is 13.2 Å². The minimum Gasteiger partial charge on any atom is -0.432 e. The van der Waals surface area contributed by atoms with Gasteiger partial charge in [-0.15, -0.1) is 0 Å². The van der Waals surface area contributed by atoms with Gasteiger partial charge in [0.15, 0.2) is 0 Å². The largest absolute Gasteiger partial charge is 0.432 e. The average molecular weight is 363 g/mol. The summed E-state index contributed by atoms with van der Waals surface area (Å²) in [4.78, 5) is 7.43. The van der Waals surface area contributed by atoms with Crippen LogP contribution in [0.4, 0.5) is 10.1 Å². The summed E-state index contributed by atoms with van der Waals surface area (Å²) < 4.78 is 24.9. The number of benzene rings is 1. The maximum Gasteiger partial charge on any atom is 0.275 e. The second kappa shape index (κ2) is 6.95. The Balaban J connectivity index is 1.49. The summed E-state index contributed by atoms with van der Waals surface area (Å²) in [6, 6.07) is 6.83. The van der Waals surface area contributed by atoms with Crippen molar-refractivity contribution in [1.82, 2.24) is 5.16 Å². The third-order valence-corrected chi connectivity index (χ3v) is 5.28. The number of rotatable bonds is 4. The van der Waals surface area contributed by atoms with Gasteiger partial charge in [-0.3, -0.25) is 0 Å². The van der Waals surface area contributed by atoms with Crippen LogP contribution in [-0.4, -0.2) is 41.8 Å². The van der Waals surface area contributed by atoms with Gasteiger partial charge >= 0.3 is 0 Å². The van der Waals surface area contributed by atoms with E-state index in [2.05, 4.69) is 15.2 Å². The fourth-order valence-corrected chi connectivity index (χ4v) is 3.86. The minimum absolute atomic E-state index is 0.159. The Hall–Kier alpha value is -2.22. The molecule has 2 aliphatic heterocycles. The summed E-state index contributed by atoms with van der Waals surface area (Å²) in [6.07, 6.45) is 0.811. The van der Waals surface area contributed by atoms with Gasteiger partial charge < -0.3 is 19.0 Å². The highest BCUT2D eigenvalue weighted by Crippen LogP contribution is 2.28. The molecule has 4 rings (SSSR count). The molecule has 0 saturated carbocycles. The standard InChI is InChI=1S/C17H18FN3O3S/c1-11-16(20-24-17(11)23-15-4-7-22-19-15)12-2-3-14(13(18)10-12)21-5-8-25-9-6-21/h2-4,7,10-11,17H,5-6,8-9H2,1H3. The van der Waals surface area contributed by atoms with Gasteiger partial charge in [-0.2, -0.15) is 11.8 Å². The monoisotopic (exact) mass is 363 g/mol. The fourth-order valence-electron chi connectivity index (χ4n) is 2.96. The number of halogens is 1. The molecule has 2 aliphatic rings. The van der Waals surface area contributed by atoms with Crippen LogP contribution in [0, 0.1) is 11.7 Å². The first kappa shape index (κ1) is 16.3.